The van der Waals surface area contributed by atoms with Crippen molar-refractivity contribution in [2.45, 2.75) is 0 Å². The van der Waals surface area contributed by atoms with E-state index in [0.717, 1.165) is 110 Å². The monoisotopic (exact) mass is 943 g/mol. The zero-order valence-electron chi connectivity index (χ0n) is 40.2. The van der Waals surface area contributed by atoms with E-state index in [2.05, 4.69) is 264 Å². The van der Waals surface area contributed by atoms with Crippen LogP contribution in [0.1, 0.15) is 0 Å². The standard InChI is InChI=1S/C69H45N5/c1-6-22-46(23-7-1)51-32-20-33-52(42-51)54-43-53(47-24-8-2-9-25-47)44-55(45-54)68-70-67(50-30-14-5-15-31-50)71-69(72-68)74-62-38-19-17-35-58(62)60-41-40-59-57-34-16-18-37-61(57)73(65(59)66(60)74)63-39-21-36-56(48-26-10-3-11-27-48)64(63)49-28-12-4-13-29-49/h1-45H. The third-order valence-corrected chi connectivity index (χ3v) is 14.4. The second-order valence-corrected chi connectivity index (χ2v) is 18.8. The molecule has 3 aromatic heterocycles. The Labute approximate surface area is 428 Å². The van der Waals surface area contributed by atoms with Crippen molar-refractivity contribution in [1.82, 2.24) is 24.1 Å². The molecule has 0 fully saturated rings. The van der Waals surface area contributed by atoms with E-state index in [1.54, 1.807) is 0 Å². The van der Waals surface area contributed by atoms with E-state index < -0.39 is 0 Å². The number of benzene rings is 11. The first kappa shape index (κ1) is 42.9. The van der Waals surface area contributed by atoms with Gasteiger partial charge in [0.1, 0.15) is 0 Å². The van der Waals surface area contributed by atoms with Gasteiger partial charge in [0.25, 0.3) is 0 Å². The van der Waals surface area contributed by atoms with Crippen LogP contribution in [0.25, 0.3) is 134 Å². The molecule has 0 N–H and O–H groups in total. The number of nitrogens with zero attached hydrogens (tertiary/aromatic N) is 5. The van der Waals surface area contributed by atoms with Crippen LogP contribution < -0.4 is 0 Å². The molecule has 0 radical (unpaired) electrons. The quantitative estimate of drug-likeness (QED) is 0.145. The average Bonchev–Trinajstić information content (AvgIpc) is 4.03. The molecule has 0 atom stereocenters. The Kier molecular flexibility index (Phi) is 10.4. The van der Waals surface area contributed by atoms with Crippen molar-refractivity contribution in [3.63, 3.8) is 0 Å². The highest BCUT2D eigenvalue weighted by Gasteiger charge is 2.26. The molecule has 0 unspecified atom stereocenters. The van der Waals surface area contributed by atoms with Crippen LogP contribution in [0.3, 0.4) is 0 Å². The zero-order valence-corrected chi connectivity index (χ0v) is 40.2. The highest BCUT2D eigenvalue weighted by Crippen LogP contribution is 2.45. The van der Waals surface area contributed by atoms with Crippen molar-refractivity contribution in [3.8, 4) is 90.0 Å². The predicted molar refractivity (Wildman–Crippen MR) is 307 cm³/mol. The fraction of sp³-hybridized carbons (Fsp3) is 0. The number of hydrogen-bond donors (Lipinski definition) is 0. The summed E-state index contributed by atoms with van der Waals surface area (Å²) in [6.07, 6.45) is 0. The van der Waals surface area contributed by atoms with Gasteiger partial charge in [0.05, 0.1) is 27.8 Å². The van der Waals surface area contributed by atoms with Gasteiger partial charge in [0.15, 0.2) is 11.6 Å². The molecule has 5 nitrogen and oxygen atoms in total. The van der Waals surface area contributed by atoms with Crippen LogP contribution in [0.5, 0.6) is 0 Å². The van der Waals surface area contributed by atoms with Gasteiger partial charge in [0, 0.05) is 38.2 Å². The van der Waals surface area contributed by atoms with E-state index in [1.807, 2.05) is 18.2 Å². The maximum Gasteiger partial charge on any atom is 0.238 e. The van der Waals surface area contributed by atoms with Crippen LogP contribution in [-0.4, -0.2) is 24.1 Å². The summed E-state index contributed by atoms with van der Waals surface area (Å²) in [6, 6.07) is 97.2. The smallest absolute Gasteiger partial charge is 0.238 e. The maximum atomic E-state index is 5.62. The first-order chi connectivity index (χ1) is 36.7. The molecule has 0 spiro atoms. The maximum absolute atomic E-state index is 5.62. The molecule has 0 aliphatic rings. The molecule has 0 saturated carbocycles. The fourth-order valence-electron chi connectivity index (χ4n) is 11.0. The first-order valence-corrected chi connectivity index (χ1v) is 25.1. The van der Waals surface area contributed by atoms with E-state index in [4.69, 9.17) is 15.0 Å². The van der Waals surface area contributed by atoms with Gasteiger partial charge in [0.2, 0.25) is 5.95 Å². The zero-order chi connectivity index (χ0) is 49.0. The third kappa shape index (κ3) is 7.37. The average molecular weight is 944 g/mol. The molecule has 0 bridgehead atoms. The van der Waals surface area contributed by atoms with Crippen LogP contribution >= 0.6 is 0 Å². The molecule has 5 heteroatoms. The summed E-state index contributed by atoms with van der Waals surface area (Å²) in [5.74, 6) is 1.69. The highest BCUT2D eigenvalue weighted by molar-refractivity contribution is 6.24. The van der Waals surface area contributed by atoms with Crippen LogP contribution in [0.4, 0.5) is 0 Å². The molecular weight excluding hydrogens is 899 g/mol. The lowest BCUT2D eigenvalue weighted by molar-refractivity contribution is 0.953. The lowest BCUT2D eigenvalue weighted by atomic mass is 9.93. The Bertz CT molecular complexity index is 4390. The fourth-order valence-corrected chi connectivity index (χ4v) is 11.0. The van der Waals surface area contributed by atoms with Crippen LogP contribution in [-0.2, 0) is 0 Å². The normalized spacial score (nSPS) is 11.5. The molecule has 74 heavy (non-hydrogen) atoms. The first-order valence-electron chi connectivity index (χ1n) is 25.1. The van der Waals surface area contributed by atoms with Crippen molar-refractivity contribution >= 4 is 43.6 Å². The molecule has 11 aromatic carbocycles. The van der Waals surface area contributed by atoms with Crippen molar-refractivity contribution < 1.29 is 0 Å². The van der Waals surface area contributed by atoms with Gasteiger partial charge in [-0.15, -0.1) is 0 Å². The molecular formula is C69H45N5. The summed E-state index contributed by atoms with van der Waals surface area (Å²) in [7, 11) is 0. The molecule has 14 rings (SSSR count). The molecule has 0 aliphatic heterocycles. The molecule has 0 saturated heterocycles. The summed E-state index contributed by atoms with van der Waals surface area (Å²) in [5.41, 5.74) is 18.3. The van der Waals surface area contributed by atoms with Gasteiger partial charge in [-0.3, -0.25) is 4.57 Å². The lowest BCUT2D eigenvalue weighted by Crippen LogP contribution is -2.07. The molecule has 0 aliphatic carbocycles. The minimum atomic E-state index is 0.531. The number of rotatable bonds is 9. The van der Waals surface area contributed by atoms with Gasteiger partial charge in [-0.1, -0.05) is 231 Å². The molecule has 0 amide bonds. The van der Waals surface area contributed by atoms with E-state index in [9.17, 15) is 0 Å². The molecule has 3 heterocycles. The summed E-state index contributed by atoms with van der Waals surface area (Å²) in [6.45, 7) is 0. The van der Waals surface area contributed by atoms with Gasteiger partial charge >= 0.3 is 0 Å². The van der Waals surface area contributed by atoms with Gasteiger partial charge in [-0.25, -0.2) is 4.98 Å². The SMILES string of the molecule is c1ccc(-c2cccc(-c3cc(-c4ccccc4)cc(-c4nc(-c5ccccc5)nc(-n5c6ccccc6c6ccc7c8ccccc8n(-c8cccc(-c9ccccc9)c8-c8ccccc8)c7c65)n4)c3)c2)cc1. The van der Waals surface area contributed by atoms with Crippen LogP contribution in [0.15, 0.2) is 273 Å². The summed E-state index contributed by atoms with van der Waals surface area (Å²) < 4.78 is 4.77. The van der Waals surface area contributed by atoms with E-state index in [-0.39, 0.29) is 0 Å². The summed E-state index contributed by atoms with van der Waals surface area (Å²) in [5, 5.41) is 4.51. The Morgan fingerprint density at radius 3 is 1.26 bits per heavy atom. The number of aromatic nitrogens is 5. The van der Waals surface area contributed by atoms with Crippen molar-refractivity contribution in [2.75, 3.05) is 0 Å². The van der Waals surface area contributed by atoms with Crippen molar-refractivity contribution in [3.05, 3.63) is 273 Å². The summed E-state index contributed by atoms with van der Waals surface area (Å²) >= 11 is 0. The predicted octanol–water partition coefficient (Wildman–Crippen LogP) is 17.7. The van der Waals surface area contributed by atoms with Crippen molar-refractivity contribution in [2.24, 2.45) is 0 Å². The second-order valence-electron chi connectivity index (χ2n) is 18.8. The Hall–Kier alpha value is -9.97. The van der Waals surface area contributed by atoms with Crippen LogP contribution in [0, 0.1) is 0 Å². The Morgan fingerprint density at radius 2 is 0.649 bits per heavy atom. The number of hydrogen-bond acceptors (Lipinski definition) is 3. The Morgan fingerprint density at radius 1 is 0.243 bits per heavy atom. The van der Waals surface area contributed by atoms with Gasteiger partial charge < -0.3 is 4.57 Å². The largest absolute Gasteiger partial charge is 0.307 e. The van der Waals surface area contributed by atoms with Crippen LogP contribution in [0.2, 0.25) is 0 Å². The van der Waals surface area contributed by atoms with E-state index in [1.165, 1.54) is 5.56 Å². The molecule has 346 valence electrons. The number of fused-ring (bicyclic) bond motifs is 7. The highest BCUT2D eigenvalue weighted by atomic mass is 15.2. The third-order valence-electron chi connectivity index (χ3n) is 14.4. The number of para-hydroxylation sites is 2. The lowest BCUT2D eigenvalue weighted by Gasteiger charge is -2.19. The Balaban J connectivity index is 1.08. The molecule has 14 aromatic rings. The van der Waals surface area contributed by atoms with E-state index in [0.29, 0.717) is 17.6 Å². The topological polar surface area (TPSA) is 48.5 Å². The van der Waals surface area contributed by atoms with E-state index >= 15 is 0 Å². The summed E-state index contributed by atoms with van der Waals surface area (Å²) in [4.78, 5) is 16.5. The minimum absolute atomic E-state index is 0.531. The van der Waals surface area contributed by atoms with Gasteiger partial charge in [-0.2, -0.15) is 9.97 Å². The van der Waals surface area contributed by atoms with Gasteiger partial charge in [-0.05, 0) is 92.5 Å². The van der Waals surface area contributed by atoms with Crippen molar-refractivity contribution in [1.29, 1.82) is 0 Å². The minimum Gasteiger partial charge on any atom is -0.307 e. The second kappa shape index (κ2) is 18.0.